The van der Waals surface area contributed by atoms with Crippen molar-refractivity contribution in [2.75, 3.05) is 20.8 Å². The lowest BCUT2D eigenvalue weighted by molar-refractivity contribution is 0.0740. The lowest BCUT2D eigenvalue weighted by atomic mass is 10.1. The molecule has 0 unspecified atom stereocenters. The van der Waals surface area contributed by atoms with Gasteiger partial charge in [-0.15, -0.1) is 0 Å². The van der Waals surface area contributed by atoms with Gasteiger partial charge in [-0.05, 0) is 36.2 Å². The first-order valence-electron chi connectivity index (χ1n) is 10.6. The summed E-state index contributed by atoms with van der Waals surface area (Å²) < 4.78 is 10.7. The van der Waals surface area contributed by atoms with Crippen molar-refractivity contribution in [3.8, 4) is 11.5 Å². The molecule has 0 aliphatic carbocycles. The average Bonchev–Trinajstić information content (AvgIpc) is 2.86. The molecule has 1 aromatic heterocycles. The zero-order valence-electron chi connectivity index (χ0n) is 18.6. The Morgan fingerprint density at radius 2 is 1.61 bits per heavy atom. The first-order valence-corrected chi connectivity index (χ1v) is 10.6. The fraction of sp³-hybridized carbons (Fsp3) is 0.192. The number of aromatic amines is 1. The molecule has 0 atom stereocenters. The summed E-state index contributed by atoms with van der Waals surface area (Å²) in [7, 11) is 3.08. The zero-order valence-corrected chi connectivity index (χ0v) is 18.6. The molecule has 1 amide bonds. The van der Waals surface area contributed by atoms with E-state index in [2.05, 4.69) is 9.97 Å². The highest BCUT2D eigenvalue weighted by molar-refractivity contribution is 5.95. The molecule has 0 aliphatic rings. The Morgan fingerprint density at radius 3 is 2.30 bits per heavy atom. The molecule has 0 bridgehead atoms. The van der Waals surface area contributed by atoms with Crippen molar-refractivity contribution in [3.05, 3.63) is 100 Å². The van der Waals surface area contributed by atoms with Gasteiger partial charge in [0.15, 0.2) is 0 Å². The molecular weight excluding hydrogens is 418 g/mol. The molecule has 7 heteroatoms. The fourth-order valence-electron chi connectivity index (χ4n) is 3.67. The van der Waals surface area contributed by atoms with Gasteiger partial charge in [-0.1, -0.05) is 42.5 Å². The van der Waals surface area contributed by atoms with Gasteiger partial charge >= 0.3 is 0 Å². The summed E-state index contributed by atoms with van der Waals surface area (Å²) in [5.41, 5.74) is 1.91. The van der Waals surface area contributed by atoms with Gasteiger partial charge < -0.3 is 19.4 Å². The molecule has 1 N–H and O–H groups in total. The fourth-order valence-corrected chi connectivity index (χ4v) is 3.67. The third-order valence-corrected chi connectivity index (χ3v) is 5.40. The van der Waals surface area contributed by atoms with Crippen molar-refractivity contribution in [3.63, 3.8) is 0 Å². The quantitative estimate of drug-likeness (QED) is 0.448. The molecule has 7 nitrogen and oxygen atoms in total. The Hall–Kier alpha value is -4.13. The van der Waals surface area contributed by atoms with E-state index in [1.165, 1.54) is 0 Å². The van der Waals surface area contributed by atoms with E-state index in [-0.39, 0.29) is 18.0 Å². The number of carbonyl (C=O) groups excluding carboxylic acids is 1. The maximum absolute atomic E-state index is 13.6. The lowest BCUT2D eigenvalue weighted by Gasteiger charge is -2.23. The maximum atomic E-state index is 13.6. The summed E-state index contributed by atoms with van der Waals surface area (Å²) in [6.07, 6.45) is 0.658. The molecule has 4 aromatic rings. The van der Waals surface area contributed by atoms with E-state index in [9.17, 15) is 9.59 Å². The molecule has 3 aromatic carbocycles. The highest BCUT2D eigenvalue weighted by Gasteiger charge is 2.20. The van der Waals surface area contributed by atoms with Crippen molar-refractivity contribution in [1.29, 1.82) is 0 Å². The predicted molar refractivity (Wildman–Crippen MR) is 127 cm³/mol. The topological polar surface area (TPSA) is 84.5 Å². The minimum Gasteiger partial charge on any atom is -0.497 e. The third kappa shape index (κ3) is 5.20. The molecule has 0 radical (unpaired) electrons. The van der Waals surface area contributed by atoms with Crippen LogP contribution in [0.3, 0.4) is 0 Å². The van der Waals surface area contributed by atoms with Gasteiger partial charge in [0.05, 0.1) is 31.7 Å². The molecule has 168 valence electrons. The molecule has 33 heavy (non-hydrogen) atoms. The van der Waals surface area contributed by atoms with Gasteiger partial charge in [-0.3, -0.25) is 9.59 Å². The second-order valence-electron chi connectivity index (χ2n) is 7.59. The van der Waals surface area contributed by atoms with E-state index in [1.54, 1.807) is 55.5 Å². The minimum atomic E-state index is -0.228. The molecule has 0 aliphatic heterocycles. The number of rotatable bonds is 8. The average molecular weight is 444 g/mol. The third-order valence-electron chi connectivity index (χ3n) is 5.40. The Kier molecular flexibility index (Phi) is 6.69. The molecular formula is C26H25N3O4. The monoisotopic (exact) mass is 443 g/mol. The van der Waals surface area contributed by atoms with Gasteiger partial charge in [0.2, 0.25) is 0 Å². The van der Waals surface area contributed by atoms with E-state index < -0.39 is 0 Å². The van der Waals surface area contributed by atoms with Crippen LogP contribution in [0.4, 0.5) is 0 Å². The number of nitrogens with one attached hydrogen (secondary N) is 1. The van der Waals surface area contributed by atoms with Crippen LogP contribution in [0.15, 0.2) is 77.6 Å². The van der Waals surface area contributed by atoms with Crippen LogP contribution in [0.25, 0.3) is 10.9 Å². The van der Waals surface area contributed by atoms with Gasteiger partial charge in [-0.2, -0.15) is 0 Å². The number of fused-ring (bicyclic) bond motifs is 1. The number of aromatic nitrogens is 2. The van der Waals surface area contributed by atoms with E-state index in [0.29, 0.717) is 46.8 Å². The number of benzene rings is 3. The van der Waals surface area contributed by atoms with E-state index in [4.69, 9.17) is 9.47 Å². The first kappa shape index (κ1) is 22.1. The number of H-pyrrole nitrogens is 1. The number of methoxy groups -OCH3 is 2. The Morgan fingerprint density at radius 1 is 0.939 bits per heavy atom. The van der Waals surface area contributed by atoms with Crippen LogP contribution in [0.2, 0.25) is 0 Å². The van der Waals surface area contributed by atoms with Gasteiger partial charge in [0, 0.05) is 18.2 Å². The van der Waals surface area contributed by atoms with Gasteiger partial charge in [0.1, 0.15) is 17.3 Å². The van der Waals surface area contributed by atoms with Crippen molar-refractivity contribution >= 4 is 16.8 Å². The molecule has 1 heterocycles. The number of hydrogen-bond donors (Lipinski definition) is 1. The second kappa shape index (κ2) is 9.99. The van der Waals surface area contributed by atoms with Gasteiger partial charge in [0.25, 0.3) is 11.5 Å². The lowest BCUT2D eigenvalue weighted by Crippen LogP contribution is -2.34. The molecule has 4 rings (SSSR count). The van der Waals surface area contributed by atoms with Crippen molar-refractivity contribution in [2.24, 2.45) is 0 Å². The number of nitrogens with zero attached hydrogens (tertiary/aromatic N) is 2. The Bertz CT molecular complexity index is 1300. The van der Waals surface area contributed by atoms with Crippen LogP contribution < -0.4 is 15.0 Å². The van der Waals surface area contributed by atoms with Crippen molar-refractivity contribution < 1.29 is 14.3 Å². The van der Waals surface area contributed by atoms with Gasteiger partial charge in [-0.25, -0.2) is 4.98 Å². The van der Waals surface area contributed by atoms with Crippen molar-refractivity contribution in [2.45, 2.75) is 13.0 Å². The summed E-state index contributed by atoms with van der Waals surface area (Å²) in [5, 5.41) is 0.515. The largest absolute Gasteiger partial charge is 0.497 e. The highest BCUT2D eigenvalue weighted by atomic mass is 16.5. The Labute approximate surface area is 191 Å². The number of amides is 1. The van der Waals surface area contributed by atoms with Crippen LogP contribution in [-0.4, -0.2) is 41.5 Å². The van der Waals surface area contributed by atoms with E-state index in [0.717, 1.165) is 5.56 Å². The standard InChI is InChI=1S/C26H25N3O4/c1-32-20-14-19(15-21(16-20)33-2)26(31)29(13-12-18-8-4-3-5-9-18)17-24-27-23-11-7-6-10-22(23)25(30)28-24/h3-11,14-16H,12-13,17H2,1-2H3,(H,27,28,30). The second-order valence-corrected chi connectivity index (χ2v) is 7.59. The van der Waals surface area contributed by atoms with Crippen LogP contribution in [-0.2, 0) is 13.0 Å². The molecule has 0 fully saturated rings. The van der Waals surface area contributed by atoms with Crippen LogP contribution in [0, 0.1) is 0 Å². The highest BCUT2D eigenvalue weighted by Crippen LogP contribution is 2.24. The Balaban J connectivity index is 1.67. The van der Waals surface area contributed by atoms with Crippen LogP contribution >= 0.6 is 0 Å². The van der Waals surface area contributed by atoms with Crippen LogP contribution in [0.1, 0.15) is 21.7 Å². The number of para-hydroxylation sites is 1. The van der Waals surface area contributed by atoms with E-state index >= 15 is 0 Å². The van der Waals surface area contributed by atoms with E-state index in [1.807, 2.05) is 36.4 Å². The summed E-state index contributed by atoms with van der Waals surface area (Å²) in [6, 6.07) is 22.2. The summed E-state index contributed by atoms with van der Waals surface area (Å²) >= 11 is 0. The predicted octanol–water partition coefficient (Wildman–Crippen LogP) is 3.83. The molecule has 0 saturated carbocycles. The minimum absolute atomic E-state index is 0.158. The number of ether oxygens (including phenoxy) is 2. The number of carbonyl (C=O) groups is 1. The summed E-state index contributed by atoms with van der Waals surface area (Å²) in [6.45, 7) is 0.601. The smallest absolute Gasteiger partial charge is 0.258 e. The SMILES string of the molecule is COc1cc(OC)cc(C(=O)N(CCc2ccccc2)Cc2nc3ccccc3c(=O)[nH]2)c1. The maximum Gasteiger partial charge on any atom is 0.258 e. The molecule has 0 saturated heterocycles. The summed E-state index contributed by atoms with van der Waals surface area (Å²) in [5.74, 6) is 1.27. The molecule has 0 spiro atoms. The number of hydrogen-bond acceptors (Lipinski definition) is 5. The zero-order chi connectivity index (χ0) is 23.2. The van der Waals surface area contributed by atoms with Crippen molar-refractivity contribution in [1.82, 2.24) is 14.9 Å². The summed E-state index contributed by atoms with van der Waals surface area (Å²) in [4.78, 5) is 35.2. The normalized spacial score (nSPS) is 10.7. The van der Waals surface area contributed by atoms with Crippen LogP contribution in [0.5, 0.6) is 11.5 Å². The first-order chi connectivity index (χ1) is 16.1.